The largest absolute Gasteiger partial charge is 0.343 e. The molecule has 0 spiro atoms. The minimum absolute atomic E-state index is 0.0224. The summed E-state index contributed by atoms with van der Waals surface area (Å²) in [5.41, 5.74) is 2.60. The van der Waals surface area contributed by atoms with Crippen molar-refractivity contribution in [2.45, 2.75) is 95.2 Å². The molecule has 1 saturated heterocycles. The Morgan fingerprint density at radius 3 is 2.56 bits per heavy atom. The Bertz CT molecular complexity index is 1050. The standard InChI is InChI=1S/C29H40N4O2S/c1-19(30-2)27(34)32-25(21-13-7-4-8-14-21)29(35)33-18-10-17-24(33)28-31-23-16-9-15-22(26(23)36-28)20-11-5-3-6-12-20/h3,5-6,11-12,19,21-22,24-25,30H,4,7-10,13-18H2,1-2H3,(H,32,34). The van der Waals surface area contributed by atoms with Gasteiger partial charge in [0.15, 0.2) is 0 Å². The van der Waals surface area contributed by atoms with Crippen LogP contribution in [0.2, 0.25) is 0 Å². The van der Waals surface area contributed by atoms with Crippen molar-refractivity contribution in [3.8, 4) is 0 Å². The lowest BCUT2D eigenvalue weighted by Crippen LogP contribution is -2.55. The Balaban J connectivity index is 1.39. The van der Waals surface area contributed by atoms with E-state index in [1.54, 1.807) is 7.05 Å². The zero-order valence-electron chi connectivity index (χ0n) is 21.7. The number of rotatable bonds is 7. The molecule has 4 unspecified atom stereocenters. The van der Waals surface area contributed by atoms with Crippen LogP contribution in [-0.4, -0.2) is 47.4 Å². The number of aryl methyl sites for hydroxylation is 1. The van der Waals surface area contributed by atoms with Gasteiger partial charge in [-0.1, -0.05) is 49.6 Å². The number of aromatic nitrogens is 1. The average molecular weight is 509 g/mol. The van der Waals surface area contributed by atoms with Crippen molar-refractivity contribution in [1.82, 2.24) is 20.5 Å². The zero-order valence-corrected chi connectivity index (χ0v) is 22.5. The van der Waals surface area contributed by atoms with Crippen LogP contribution in [0.5, 0.6) is 0 Å². The second-order valence-electron chi connectivity index (χ2n) is 10.8. The molecule has 2 heterocycles. The number of carbonyl (C=O) groups is 2. The Kier molecular flexibility index (Phi) is 8.06. The highest BCUT2D eigenvalue weighted by atomic mass is 32.1. The topological polar surface area (TPSA) is 74.3 Å². The summed E-state index contributed by atoms with van der Waals surface area (Å²) < 4.78 is 0. The third-order valence-electron chi connectivity index (χ3n) is 8.50. The van der Waals surface area contributed by atoms with E-state index in [0.29, 0.717) is 5.92 Å². The van der Waals surface area contributed by atoms with E-state index in [2.05, 4.69) is 41.0 Å². The van der Waals surface area contributed by atoms with Gasteiger partial charge >= 0.3 is 0 Å². The maximum absolute atomic E-state index is 14.1. The van der Waals surface area contributed by atoms with Crippen LogP contribution in [0, 0.1) is 5.92 Å². The summed E-state index contributed by atoms with van der Waals surface area (Å²) in [6, 6.07) is 10.0. The molecule has 2 fully saturated rings. The van der Waals surface area contributed by atoms with Gasteiger partial charge in [0.25, 0.3) is 0 Å². The molecule has 5 rings (SSSR count). The first kappa shape index (κ1) is 25.4. The highest BCUT2D eigenvalue weighted by Gasteiger charge is 2.40. The number of likely N-dealkylation sites (tertiary alicyclic amines) is 1. The van der Waals surface area contributed by atoms with Gasteiger partial charge in [-0.3, -0.25) is 9.59 Å². The summed E-state index contributed by atoms with van der Waals surface area (Å²) in [5, 5.41) is 7.26. The average Bonchev–Trinajstić information content (AvgIpc) is 3.59. The molecule has 0 bridgehead atoms. The van der Waals surface area contributed by atoms with Crippen molar-refractivity contribution >= 4 is 23.2 Å². The molecule has 2 aliphatic carbocycles. The Hall–Kier alpha value is -2.25. The van der Waals surface area contributed by atoms with Crippen LogP contribution < -0.4 is 10.6 Å². The second-order valence-corrected chi connectivity index (χ2v) is 11.9. The number of carbonyl (C=O) groups excluding carboxylic acids is 2. The quantitative estimate of drug-likeness (QED) is 0.555. The third-order valence-corrected chi connectivity index (χ3v) is 9.81. The SMILES string of the molecule is CNC(C)C(=O)NC(C(=O)N1CCCC1c1nc2c(s1)C(c1ccccc1)CCC2)C1CCCCC1. The van der Waals surface area contributed by atoms with Gasteiger partial charge in [-0.15, -0.1) is 11.3 Å². The lowest BCUT2D eigenvalue weighted by Gasteiger charge is -2.35. The van der Waals surface area contributed by atoms with Crippen molar-refractivity contribution in [1.29, 1.82) is 0 Å². The number of fused-ring (bicyclic) bond motifs is 1. The molecule has 2 aromatic rings. The highest BCUT2D eigenvalue weighted by molar-refractivity contribution is 7.12. The Morgan fingerprint density at radius 1 is 1.03 bits per heavy atom. The first-order chi connectivity index (χ1) is 17.6. The molecule has 1 aromatic carbocycles. The van der Waals surface area contributed by atoms with Crippen LogP contribution in [0.1, 0.15) is 97.8 Å². The molecule has 0 radical (unpaired) electrons. The van der Waals surface area contributed by atoms with Crippen LogP contribution in [-0.2, 0) is 16.0 Å². The van der Waals surface area contributed by atoms with Gasteiger partial charge in [0.1, 0.15) is 11.0 Å². The molecule has 3 aliphatic rings. The highest BCUT2D eigenvalue weighted by Crippen LogP contribution is 2.44. The molecule has 4 atom stereocenters. The van der Waals surface area contributed by atoms with Crippen molar-refractivity contribution < 1.29 is 9.59 Å². The fourth-order valence-electron chi connectivity index (χ4n) is 6.31. The Morgan fingerprint density at radius 2 is 1.81 bits per heavy atom. The Labute approximate surface area is 219 Å². The zero-order chi connectivity index (χ0) is 25.1. The summed E-state index contributed by atoms with van der Waals surface area (Å²) in [5.74, 6) is 0.623. The number of nitrogens with zero attached hydrogens (tertiary/aromatic N) is 2. The maximum Gasteiger partial charge on any atom is 0.246 e. The minimum Gasteiger partial charge on any atom is -0.343 e. The number of benzene rings is 1. The molecule has 2 amide bonds. The number of amides is 2. The van der Waals surface area contributed by atoms with Crippen LogP contribution in [0.3, 0.4) is 0 Å². The van der Waals surface area contributed by atoms with Gasteiger partial charge in [-0.2, -0.15) is 0 Å². The van der Waals surface area contributed by atoms with Crippen molar-refractivity contribution in [3.63, 3.8) is 0 Å². The number of nitrogens with one attached hydrogen (secondary N) is 2. The van der Waals surface area contributed by atoms with E-state index in [1.165, 1.54) is 22.6 Å². The summed E-state index contributed by atoms with van der Waals surface area (Å²) in [6.07, 6.45) is 10.8. The lowest BCUT2D eigenvalue weighted by molar-refractivity contribution is -0.139. The van der Waals surface area contributed by atoms with Crippen molar-refractivity contribution in [2.24, 2.45) is 5.92 Å². The first-order valence-corrected chi connectivity index (χ1v) is 14.7. The first-order valence-electron chi connectivity index (χ1n) is 13.9. The van der Waals surface area contributed by atoms with E-state index in [4.69, 9.17) is 4.98 Å². The number of thiazole rings is 1. The number of hydrogen-bond donors (Lipinski definition) is 2. The molecule has 1 aromatic heterocycles. The molecule has 194 valence electrons. The minimum atomic E-state index is -0.444. The van der Waals surface area contributed by atoms with Crippen molar-refractivity contribution in [2.75, 3.05) is 13.6 Å². The molecule has 1 saturated carbocycles. The monoisotopic (exact) mass is 508 g/mol. The number of hydrogen-bond acceptors (Lipinski definition) is 5. The van der Waals surface area contributed by atoms with Crippen molar-refractivity contribution in [3.05, 3.63) is 51.5 Å². The van der Waals surface area contributed by atoms with Crippen LogP contribution in [0.15, 0.2) is 30.3 Å². The molecular weight excluding hydrogens is 468 g/mol. The molecule has 7 heteroatoms. The van der Waals surface area contributed by atoms with E-state index in [9.17, 15) is 9.59 Å². The summed E-state index contributed by atoms with van der Waals surface area (Å²) >= 11 is 1.82. The maximum atomic E-state index is 14.1. The molecule has 2 N–H and O–H groups in total. The molecule has 36 heavy (non-hydrogen) atoms. The summed E-state index contributed by atoms with van der Waals surface area (Å²) in [4.78, 5) is 35.5. The molecule has 6 nitrogen and oxygen atoms in total. The van der Waals surface area contributed by atoms with Gasteiger partial charge < -0.3 is 15.5 Å². The third kappa shape index (κ3) is 5.23. The van der Waals surface area contributed by atoms with Gasteiger partial charge in [0.2, 0.25) is 11.8 Å². The van der Waals surface area contributed by atoms with Gasteiger partial charge in [0.05, 0.1) is 17.8 Å². The van der Waals surface area contributed by atoms with Gasteiger partial charge in [0, 0.05) is 17.3 Å². The summed E-state index contributed by atoms with van der Waals surface area (Å²) in [6.45, 7) is 2.59. The van der Waals surface area contributed by atoms with E-state index in [0.717, 1.165) is 69.3 Å². The number of likely N-dealkylation sites (N-methyl/N-ethyl adjacent to an activating group) is 1. The van der Waals surface area contributed by atoms with E-state index < -0.39 is 6.04 Å². The molecule has 1 aliphatic heterocycles. The van der Waals surface area contributed by atoms with E-state index in [1.807, 2.05) is 23.2 Å². The molecular formula is C29H40N4O2S. The van der Waals surface area contributed by atoms with E-state index in [-0.39, 0.29) is 29.8 Å². The fourth-order valence-corrected chi connectivity index (χ4v) is 7.73. The summed E-state index contributed by atoms with van der Waals surface area (Å²) in [7, 11) is 1.78. The van der Waals surface area contributed by atoms with E-state index >= 15 is 0 Å². The van der Waals surface area contributed by atoms with Crippen LogP contribution >= 0.6 is 11.3 Å². The van der Waals surface area contributed by atoms with Gasteiger partial charge in [-0.25, -0.2) is 4.98 Å². The van der Waals surface area contributed by atoms with Crippen LogP contribution in [0.25, 0.3) is 0 Å². The fraction of sp³-hybridized carbons (Fsp3) is 0.621. The van der Waals surface area contributed by atoms with Crippen LogP contribution in [0.4, 0.5) is 0 Å². The normalized spacial score (nSPS) is 24.2. The van der Waals surface area contributed by atoms with Gasteiger partial charge in [-0.05, 0) is 70.4 Å². The lowest BCUT2D eigenvalue weighted by atomic mass is 9.83. The predicted molar refractivity (Wildman–Crippen MR) is 144 cm³/mol. The second kappa shape index (κ2) is 11.4. The smallest absolute Gasteiger partial charge is 0.246 e. The predicted octanol–water partition coefficient (Wildman–Crippen LogP) is 4.95.